The van der Waals surface area contributed by atoms with Crippen molar-refractivity contribution in [3.05, 3.63) is 41.4 Å². The van der Waals surface area contributed by atoms with Crippen LogP contribution in [0.3, 0.4) is 0 Å². The normalized spacial score (nSPS) is 23.5. The van der Waals surface area contributed by atoms with Gasteiger partial charge < -0.3 is 22.1 Å². The molecule has 8 nitrogen and oxygen atoms in total. The maximum absolute atomic E-state index is 14.8. The van der Waals surface area contributed by atoms with Crippen LogP contribution in [0.5, 0.6) is 0 Å². The number of allylic oxidation sites excluding steroid dienone is 2. The second-order valence-corrected chi connectivity index (χ2v) is 8.74. The van der Waals surface area contributed by atoms with Crippen molar-refractivity contribution in [2.75, 3.05) is 23.9 Å². The van der Waals surface area contributed by atoms with E-state index in [0.717, 1.165) is 25.3 Å². The molecule has 6 N–H and O–H groups in total. The Morgan fingerprint density at radius 1 is 1.33 bits per heavy atom. The summed E-state index contributed by atoms with van der Waals surface area (Å²) in [7, 11) is 0. The van der Waals surface area contributed by atoms with Crippen LogP contribution in [0.25, 0.3) is 0 Å². The number of anilines is 2. The summed E-state index contributed by atoms with van der Waals surface area (Å²) in [6, 6.07) is 0.0165. The van der Waals surface area contributed by atoms with Crippen molar-refractivity contribution in [1.82, 2.24) is 9.99 Å². The zero-order valence-electron chi connectivity index (χ0n) is 18.3. The summed E-state index contributed by atoms with van der Waals surface area (Å²) in [6.07, 6.45) is 8.01. The summed E-state index contributed by atoms with van der Waals surface area (Å²) in [5, 5.41) is 11.1. The maximum Gasteiger partial charge on any atom is 0.252 e. The second-order valence-electron chi connectivity index (χ2n) is 8.74. The lowest BCUT2D eigenvalue weighted by Crippen LogP contribution is -2.39. The second kappa shape index (κ2) is 9.42. The molecule has 0 bridgehead atoms. The number of aromatic nitrogens is 1. The van der Waals surface area contributed by atoms with Crippen molar-refractivity contribution in [2.45, 2.75) is 44.3 Å². The van der Waals surface area contributed by atoms with Gasteiger partial charge in [-0.2, -0.15) is 4.39 Å². The number of halogens is 3. The molecule has 4 atom stereocenters. The standard InChI is InChI=1S/C22H28F3N7O/c1-11(26)16(9-12-5-6-12)29-22-14(24)10-13(20(27)33)21(30-22)28-15-3-2-4-17-18(15)19(25)31-32(17)8-7-23/h2-4,10-12,16-18H,5-9,26H2,1H3,(H2,27,33)(H2,28,29,30)/t11-,16+,17?,18?/m0/s1. The Balaban J connectivity index is 1.62. The van der Waals surface area contributed by atoms with Gasteiger partial charge in [-0.15, -0.1) is 5.10 Å². The van der Waals surface area contributed by atoms with Gasteiger partial charge in [0.1, 0.15) is 12.5 Å². The summed E-state index contributed by atoms with van der Waals surface area (Å²) < 4.78 is 42.3. The predicted octanol–water partition coefficient (Wildman–Crippen LogP) is 2.67. The van der Waals surface area contributed by atoms with Gasteiger partial charge in [0.15, 0.2) is 11.6 Å². The molecule has 0 radical (unpaired) electrons. The van der Waals surface area contributed by atoms with Crippen LogP contribution in [-0.4, -0.2) is 53.2 Å². The van der Waals surface area contributed by atoms with E-state index < -0.39 is 36.3 Å². The van der Waals surface area contributed by atoms with Crippen molar-refractivity contribution in [2.24, 2.45) is 28.4 Å². The average Bonchev–Trinajstić information content (AvgIpc) is 3.52. The number of nitrogens with zero attached hydrogens (tertiary/aromatic N) is 3. The number of pyridine rings is 1. The molecule has 0 spiro atoms. The first kappa shape index (κ1) is 23.1. The lowest BCUT2D eigenvalue weighted by molar-refractivity contribution is 0.100. The van der Waals surface area contributed by atoms with E-state index in [-0.39, 0.29) is 35.8 Å². The number of rotatable bonds is 10. The average molecular weight is 464 g/mol. The maximum atomic E-state index is 14.8. The number of fused-ring (bicyclic) bond motifs is 1. The highest BCUT2D eigenvalue weighted by molar-refractivity contribution is 5.98. The first-order valence-electron chi connectivity index (χ1n) is 11.0. The summed E-state index contributed by atoms with van der Waals surface area (Å²) in [5.74, 6) is -2.70. The van der Waals surface area contributed by atoms with Crippen LogP contribution in [-0.2, 0) is 0 Å². The van der Waals surface area contributed by atoms with Gasteiger partial charge in [0.25, 0.3) is 5.91 Å². The molecular weight excluding hydrogens is 435 g/mol. The van der Waals surface area contributed by atoms with E-state index in [4.69, 9.17) is 11.5 Å². The van der Waals surface area contributed by atoms with E-state index >= 15 is 0 Å². The number of carbonyl (C=O) groups is 1. The van der Waals surface area contributed by atoms with E-state index in [1.54, 1.807) is 18.2 Å². The minimum atomic E-state index is -0.889. The number of alkyl halides is 1. The fourth-order valence-electron chi connectivity index (χ4n) is 4.17. The smallest absolute Gasteiger partial charge is 0.252 e. The number of hydrazone groups is 1. The highest BCUT2D eigenvalue weighted by Crippen LogP contribution is 2.36. The zero-order chi connectivity index (χ0) is 23.7. The fourth-order valence-corrected chi connectivity index (χ4v) is 4.17. The molecular formula is C22H28F3N7O. The van der Waals surface area contributed by atoms with Crippen LogP contribution in [0.2, 0.25) is 0 Å². The van der Waals surface area contributed by atoms with Gasteiger partial charge in [-0.3, -0.25) is 9.80 Å². The molecule has 178 valence electrons. The van der Waals surface area contributed by atoms with Crippen LogP contribution in [0.4, 0.5) is 24.8 Å². The third-order valence-corrected chi connectivity index (χ3v) is 6.14. The van der Waals surface area contributed by atoms with Crippen LogP contribution in [0.1, 0.15) is 36.5 Å². The molecule has 1 aliphatic heterocycles. The van der Waals surface area contributed by atoms with Crippen LogP contribution in [0.15, 0.2) is 35.1 Å². The third-order valence-electron chi connectivity index (χ3n) is 6.14. The van der Waals surface area contributed by atoms with Gasteiger partial charge >= 0.3 is 0 Å². The Hall–Kier alpha value is -3.08. The van der Waals surface area contributed by atoms with Crippen LogP contribution >= 0.6 is 0 Å². The van der Waals surface area contributed by atoms with Crippen molar-refractivity contribution in [3.63, 3.8) is 0 Å². The molecule has 1 saturated carbocycles. The molecule has 1 fully saturated rings. The Morgan fingerprint density at radius 3 is 2.73 bits per heavy atom. The Morgan fingerprint density at radius 2 is 2.09 bits per heavy atom. The molecule has 1 aromatic heterocycles. The fraction of sp³-hybridized carbons (Fsp3) is 0.500. The van der Waals surface area contributed by atoms with E-state index in [0.29, 0.717) is 11.6 Å². The molecule has 1 aromatic rings. The number of hydrogen-bond acceptors (Lipinski definition) is 7. The molecule has 1 amide bonds. The molecule has 2 unspecified atom stereocenters. The molecule has 2 heterocycles. The van der Waals surface area contributed by atoms with E-state index in [1.807, 2.05) is 6.92 Å². The first-order chi connectivity index (χ1) is 15.8. The monoisotopic (exact) mass is 463 g/mol. The number of nitrogens with one attached hydrogen (secondary N) is 2. The van der Waals surface area contributed by atoms with Crippen LogP contribution < -0.4 is 22.1 Å². The minimum absolute atomic E-state index is 0.0155. The van der Waals surface area contributed by atoms with E-state index in [2.05, 4.69) is 20.7 Å². The summed E-state index contributed by atoms with van der Waals surface area (Å²) >= 11 is 0. The molecule has 0 aromatic carbocycles. The SMILES string of the molecule is C[C@H](N)[C@@H](CC1CC1)Nc1nc(NC2=CC=CC3C2C(F)=NN3CCF)c(C(N)=O)cc1F. The van der Waals surface area contributed by atoms with Gasteiger partial charge in [-0.25, -0.2) is 13.8 Å². The zero-order valence-corrected chi connectivity index (χ0v) is 18.3. The molecule has 33 heavy (non-hydrogen) atoms. The molecule has 3 aliphatic rings. The lowest BCUT2D eigenvalue weighted by atomic mass is 9.92. The summed E-state index contributed by atoms with van der Waals surface area (Å²) in [5.41, 5.74) is 11.7. The Bertz CT molecular complexity index is 1010. The van der Waals surface area contributed by atoms with Crippen molar-refractivity contribution >= 4 is 23.5 Å². The van der Waals surface area contributed by atoms with Crippen molar-refractivity contribution in [1.29, 1.82) is 0 Å². The number of primary amides is 1. The van der Waals surface area contributed by atoms with E-state index in [9.17, 15) is 18.0 Å². The minimum Gasteiger partial charge on any atom is -0.365 e. The number of carbonyl (C=O) groups excluding carboxylic acids is 1. The molecule has 2 aliphatic carbocycles. The van der Waals surface area contributed by atoms with Crippen molar-refractivity contribution in [3.8, 4) is 0 Å². The molecule has 4 rings (SSSR count). The highest BCUT2D eigenvalue weighted by Gasteiger charge is 2.40. The largest absolute Gasteiger partial charge is 0.365 e. The molecule has 11 heteroatoms. The summed E-state index contributed by atoms with van der Waals surface area (Å²) in [6.45, 7) is 1.10. The van der Waals surface area contributed by atoms with E-state index in [1.165, 1.54) is 5.01 Å². The Labute approximate surface area is 190 Å². The lowest BCUT2D eigenvalue weighted by Gasteiger charge is -2.28. The van der Waals surface area contributed by atoms with Crippen molar-refractivity contribution < 1.29 is 18.0 Å². The highest BCUT2D eigenvalue weighted by atomic mass is 19.1. The number of amides is 1. The first-order valence-corrected chi connectivity index (χ1v) is 11.0. The third kappa shape index (κ3) is 4.97. The van der Waals surface area contributed by atoms with Gasteiger partial charge in [-0.05, 0) is 31.4 Å². The van der Waals surface area contributed by atoms with Crippen LogP contribution in [0, 0.1) is 17.7 Å². The van der Waals surface area contributed by atoms with Gasteiger partial charge in [-0.1, -0.05) is 25.0 Å². The summed E-state index contributed by atoms with van der Waals surface area (Å²) in [4.78, 5) is 16.3. The molecule has 0 saturated heterocycles. The topological polar surface area (TPSA) is 122 Å². The number of nitrogens with two attached hydrogens (primary N) is 2. The van der Waals surface area contributed by atoms with Gasteiger partial charge in [0, 0.05) is 17.8 Å². The quantitative estimate of drug-likeness (QED) is 0.423. The van der Waals surface area contributed by atoms with Gasteiger partial charge in [0.2, 0.25) is 5.97 Å². The van der Waals surface area contributed by atoms with Gasteiger partial charge in [0.05, 0.1) is 24.1 Å². The number of hydrogen-bond donors (Lipinski definition) is 4. The predicted molar refractivity (Wildman–Crippen MR) is 120 cm³/mol. The Kier molecular flexibility index (Phi) is 6.59.